The monoisotopic (exact) mass is 499 g/mol. The van der Waals surface area contributed by atoms with Gasteiger partial charge in [-0.15, -0.1) is 24.0 Å². The summed E-state index contributed by atoms with van der Waals surface area (Å²) in [6.07, 6.45) is 6.16. The zero-order chi connectivity index (χ0) is 18.1. The second kappa shape index (κ2) is 12.3. The van der Waals surface area contributed by atoms with Gasteiger partial charge in [-0.3, -0.25) is 9.79 Å². The van der Waals surface area contributed by atoms with E-state index in [-0.39, 0.29) is 40.6 Å². The molecule has 1 N–H and O–H groups in total. The number of hydrogen-bond donors (Lipinski definition) is 1. The maximum atomic E-state index is 12.1. The maximum Gasteiger partial charge on any atom is 0.310 e. The number of halogens is 1. The van der Waals surface area contributed by atoms with Crippen LogP contribution in [0.2, 0.25) is 0 Å². The highest BCUT2D eigenvalue weighted by atomic mass is 127. The Morgan fingerprint density at radius 3 is 2.73 bits per heavy atom. The van der Waals surface area contributed by atoms with Gasteiger partial charge in [-0.2, -0.15) is 11.8 Å². The van der Waals surface area contributed by atoms with E-state index in [2.05, 4.69) is 23.4 Å². The van der Waals surface area contributed by atoms with Crippen LogP contribution in [0.5, 0.6) is 0 Å². The molecule has 0 saturated carbocycles. The number of piperidine rings is 1. The van der Waals surface area contributed by atoms with Gasteiger partial charge in [0.1, 0.15) is 0 Å². The lowest BCUT2D eigenvalue weighted by Gasteiger charge is -2.36. The number of carbonyl (C=O) groups is 1. The van der Waals surface area contributed by atoms with Crippen LogP contribution in [0.1, 0.15) is 39.5 Å². The van der Waals surface area contributed by atoms with Crippen molar-refractivity contribution < 1.29 is 14.3 Å². The van der Waals surface area contributed by atoms with E-state index in [4.69, 9.17) is 14.5 Å². The van der Waals surface area contributed by atoms with Crippen LogP contribution in [0.25, 0.3) is 0 Å². The number of ether oxygens (including phenoxy) is 2. The summed E-state index contributed by atoms with van der Waals surface area (Å²) in [5.41, 5.74) is 0. The van der Waals surface area contributed by atoms with Crippen LogP contribution in [0, 0.1) is 5.92 Å². The van der Waals surface area contributed by atoms with Crippen LogP contribution in [0.3, 0.4) is 0 Å². The molecule has 0 aliphatic carbocycles. The van der Waals surface area contributed by atoms with Gasteiger partial charge in [-0.05, 0) is 45.8 Å². The molecule has 0 aromatic carbocycles. The second-order valence-electron chi connectivity index (χ2n) is 6.71. The zero-order valence-electron chi connectivity index (χ0n) is 16.3. The summed E-state index contributed by atoms with van der Waals surface area (Å²) >= 11 is 1.90. The minimum atomic E-state index is -0.0759. The average Bonchev–Trinajstić information content (AvgIpc) is 2.66. The first-order chi connectivity index (χ1) is 12.1. The van der Waals surface area contributed by atoms with Crippen molar-refractivity contribution in [1.29, 1.82) is 0 Å². The Morgan fingerprint density at radius 2 is 2.12 bits per heavy atom. The highest BCUT2D eigenvalue weighted by Crippen LogP contribution is 2.34. The minimum Gasteiger partial charge on any atom is -0.466 e. The Hall–Kier alpha value is -0.220. The zero-order valence-corrected chi connectivity index (χ0v) is 19.4. The minimum absolute atomic E-state index is 0. The van der Waals surface area contributed by atoms with Crippen LogP contribution in [0.15, 0.2) is 4.99 Å². The highest BCUT2D eigenvalue weighted by Gasteiger charge is 2.33. The molecular weight excluding hydrogens is 465 g/mol. The highest BCUT2D eigenvalue weighted by molar-refractivity contribution is 14.0. The lowest BCUT2D eigenvalue weighted by molar-refractivity contribution is -0.149. The molecule has 2 rings (SSSR count). The lowest BCUT2D eigenvalue weighted by atomic mass is 9.98. The van der Waals surface area contributed by atoms with Gasteiger partial charge < -0.3 is 19.7 Å². The molecule has 8 heteroatoms. The van der Waals surface area contributed by atoms with Gasteiger partial charge >= 0.3 is 5.97 Å². The predicted molar refractivity (Wildman–Crippen MR) is 119 cm³/mol. The standard InChI is InChI=1S/C18H33N3O3S.HI/c1-4-19-17(20-14-18(25-3)8-11-23-12-9-18)21-10-6-7-15(13-21)16(22)24-5-2;/h15H,4-14H2,1-3H3,(H,19,20);1H. The van der Waals surface area contributed by atoms with Crippen molar-refractivity contribution in [2.45, 2.75) is 44.3 Å². The predicted octanol–water partition coefficient (Wildman–Crippen LogP) is 2.76. The number of esters is 1. The van der Waals surface area contributed by atoms with Gasteiger partial charge in [-0.1, -0.05) is 0 Å². The van der Waals surface area contributed by atoms with Gasteiger partial charge in [0, 0.05) is 37.6 Å². The summed E-state index contributed by atoms with van der Waals surface area (Å²) in [7, 11) is 0. The molecule has 2 fully saturated rings. The Balaban J connectivity index is 0.00000338. The quantitative estimate of drug-likeness (QED) is 0.263. The van der Waals surface area contributed by atoms with E-state index in [1.165, 1.54) is 0 Å². The van der Waals surface area contributed by atoms with Gasteiger partial charge in [0.15, 0.2) is 5.96 Å². The molecule has 6 nitrogen and oxygen atoms in total. The largest absolute Gasteiger partial charge is 0.466 e. The number of nitrogens with zero attached hydrogens (tertiary/aromatic N) is 2. The molecule has 2 heterocycles. The van der Waals surface area contributed by atoms with Crippen molar-refractivity contribution in [2.75, 3.05) is 52.3 Å². The van der Waals surface area contributed by atoms with E-state index < -0.39 is 0 Å². The molecule has 0 aromatic rings. The molecule has 1 atom stereocenters. The summed E-state index contributed by atoms with van der Waals surface area (Å²) in [6, 6.07) is 0. The molecule has 26 heavy (non-hydrogen) atoms. The maximum absolute atomic E-state index is 12.1. The first kappa shape index (κ1) is 23.8. The molecule has 0 spiro atoms. The third-order valence-electron chi connectivity index (χ3n) is 5.03. The fourth-order valence-corrected chi connectivity index (χ4v) is 4.21. The van der Waals surface area contributed by atoms with Crippen LogP contribution < -0.4 is 5.32 Å². The second-order valence-corrected chi connectivity index (χ2v) is 7.98. The molecule has 2 aliphatic heterocycles. The van der Waals surface area contributed by atoms with Crippen molar-refractivity contribution in [3.05, 3.63) is 0 Å². The number of guanidine groups is 1. The Morgan fingerprint density at radius 1 is 1.38 bits per heavy atom. The van der Waals surface area contributed by atoms with Gasteiger partial charge in [0.25, 0.3) is 0 Å². The number of likely N-dealkylation sites (tertiary alicyclic amines) is 1. The molecule has 0 aromatic heterocycles. The van der Waals surface area contributed by atoms with Crippen molar-refractivity contribution >= 4 is 47.7 Å². The lowest BCUT2D eigenvalue weighted by Crippen LogP contribution is -2.49. The van der Waals surface area contributed by atoms with Gasteiger partial charge in [0.05, 0.1) is 19.1 Å². The third-order valence-corrected chi connectivity index (χ3v) is 6.43. The van der Waals surface area contributed by atoms with E-state index in [1.807, 2.05) is 18.7 Å². The molecule has 0 radical (unpaired) electrons. The number of thioether (sulfide) groups is 1. The Bertz CT molecular complexity index is 459. The molecule has 0 bridgehead atoms. The van der Waals surface area contributed by atoms with Gasteiger partial charge in [0.2, 0.25) is 0 Å². The summed E-state index contributed by atoms with van der Waals surface area (Å²) in [6.45, 7) is 9.29. The summed E-state index contributed by atoms with van der Waals surface area (Å²) < 4.78 is 10.9. The van der Waals surface area contributed by atoms with E-state index in [0.29, 0.717) is 13.2 Å². The van der Waals surface area contributed by atoms with Gasteiger partial charge in [-0.25, -0.2) is 0 Å². The van der Waals surface area contributed by atoms with Crippen molar-refractivity contribution in [2.24, 2.45) is 10.9 Å². The van der Waals surface area contributed by atoms with E-state index in [9.17, 15) is 4.79 Å². The number of nitrogens with one attached hydrogen (secondary N) is 1. The van der Waals surface area contributed by atoms with Crippen molar-refractivity contribution in [3.8, 4) is 0 Å². The Kier molecular flexibility index (Phi) is 11.2. The Labute approximate surface area is 179 Å². The first-order valence-electron chi connectivity index (χ1n) is 9.47. The number of hydrogen-bond acceptors (Lipinski definition) is 5. The number of carbonyl (C=O) groups excluding carboxylic acids is 1. The average molecular weight is 499 g/mol. The van der Waals surface area contributed by atoms with Crippen LogP contribution in [-0.4, -0.2) is 73.8 Å². The molecule has 152 valence electrons. The fourth-order valence-electron chi connectivity index (χ4n) is 3.44. The SMILES string of the molecule is CCNC(=NCC1(SC)CCOCC1)N1CCCC(C(=O)OCC)C1.I. The fraction of sp³-hybridized carbons (Fsp3) is 0.889. The summed E-state index contributed by atoms with van der Waals surface area (Å²) in [4.78, 5) is 19.3. The van der Waals surface area contributed by atoms with Crippen molar-refractivity contribution in [3.63, 3.8) is 0 Å². The van der Waals surface area contributed by atoms with Crippen LogP contribution >= 0.6 is 35.7 Å². The molecule has 0 amide bonds. The van der Waals surface area contributed by atoms with Crippen LogP contribution in [0.4, 0.5) is 0 Å². The first-order valence-corrected chi connectivity index (χ1v) is 10.7. The number of rotatable bonds is 6. The van der Waals surface area contributed by atoms with E-state index in [1.54, 1.807) is 0 Å². The molecule has 2 aliphatic rings. The van der Waals surface area contributed by atoms with E-state index >= 15 is 0 Å². The summed E-state index contributed by atoms with van der Waals surface area (Å²) in [5, 5.41) is 3.41. The van der Waals surface area contributed by atoms with E-state index in [0.717, 1.165) is 64.5 Å². The topological polar surface area (TPSA) is 63.2 Å². The van der Waals surface area contributed by atoms with Crippen molar-refractivity contribution in [1.82, 2.24) is 10.2 Å². The molecular formula is C18H34IN3O3S. The third kappa shape index (κ3) is 6.74. The normalized spacial score (nSPS) is 23.1. The molecule has 2 saturated heterocycles. The number of aliphatic imine (C=N–C) groups is 1. The van der Waals surface area contributed by atoms with Crippen LogP contribution in [-0.2, 0) is 14.3 Å². The smallest absolute Gasteiger partial charge is 0.310 e. The summed E-state index contributed by atoms with van der Waals surface area (Å²) in [5.74, 6) is 0.805. The molecule has 1 unspecified atom stereocenters.